The molecule has 0 saturated carbocycles. The molecule has 0 fully saturated rings. The summed E-state index contributed by atoms with van der Waals surface area (Å²) in [5.74, 6) is -0.308. The summed E-state index contributed by atoms with van der Waals surface area (Å²) in [6.07, 6.45) is 1.76. The van der Waals surface area contributed by atoms with Crippen LogP contribution in [0.15, 0.2) is 21.5 Å². The third-order valence-electron chi connectivity index (χ3n) is 3.20. The molecule has 1 aromatic rings. The lowest BCUT2D eigenvalue weighted by Gasteiger charge is -2.26. The first-order chi connectivity index (χ1) is 9.48. The minimum absolute atomic E-state index is 0.0460. The molecular weight excluding hydrogens is 356 g/mol. The average Bonchev–Trinajstić information content (AvgIpc) is 2.29. The molecule has 1 rings (SSSR count). The first-order valence-corrected chi connectivity index (χ1v) is 8.97. The van der Waals surface area contributed by atoms with Crippen LogP contribution < -0.4 is 10.5 Å². The molecule has 5 nitrogen and oxygen atoms in total. The van der Waals surface area contributed by atoms with E-state index >= 15 is 0 Å². The van der Waals surface area contributed by atoms with Crippen molar-refractivity contribution in [3.05, 3.63) is 27.7 Å². The minimum Gasteiger partial charge on any atom is -0.347 e. The van der Waals surface area contributed by atoms with Gasteiger partial charge in [-0.25, -0.2) is 13.6 Å². The second-order valence-corrected chi connectivity index (χ2v) is 8.16. The molecule has 0 bridgehead atoms. The molecule has 0 heterocycles. The Morgan fingerprint density at radius 3 is 2.43 bits per heavy atom. The first-order valence-electron chi connectivity index (χ1n) is 6.63. The molecule has 0 spiro atoms. The van der Waals surface area contributed by atoms with Crippen molar-refractivity contribution in [2.45, 2.75) is 51.0 Å². The average molecular weight is 377 g/mol. The minimum atomic E-state index is -3.88. The molecule has 1 aromatic carbocycles. The van der Waals surface area contributed by atoms with Crippen molar-refractivity contribution in [3.8, 4) is 0 Å². The quantitative estimate of drug-likeness (QED) is 0.827. The van der Waals surface area contributed by atoms with Crippen LogP contribution >= 0.6 is 15.9 Å². The topological polar surface area (TPSA) is 89.3 Å². The molecule has 21 heavy (non-hydrogen) atoms. The van der Waals surface area contributed by atoms with E-state index in [9.17, 15) is 13.2 Å². The fraction of sp³-hybridized carbons (Fsp3) is 0.500. The number of sulfonamides is 1. The van der Waals surface area contributed by atoms with Crippen molar-refractivity contribution >= 4 is 31.9 Å². The van der Waals surface area contributed by atoms with Crippen LogP contribution in [0, 0.1) is 6.92 Å². The molecule has 0 unspecified atom stereocenters. The maximum atomic E-state index is 12.4. The van der Waals surface area contributed by atoms with E-state index in [1.54, 1.807) is 13.0 Å². The standard InChI is InChI=1S/C14H21BrN2O3S/c1-5-6-14(3,4)17-13(18)11-7-10(15)8-12(9(11)2)21(16,19)20/h7-8H,5-6H2,1-4H3,(H,17,18)(H2,16,19,20). The molecule has 0 saturated heterocycles. The monoisotopic (exact) mass is 376 g/mol. The van der Waals surface area contributed by atoms with Crippen molar-refractivity contribution in [1.82, 2.24) is 5.32 Å². The molecule has 0 radical (unpaired) electrons. The van der Waals surface area contributed by atoms with Gasteiger partial charge in [0.25, 0.3) is 5.91 Å². The lowest BCUT2D eigenvalue weighted by atomic mass is 9.97. The largest absolute Gasteiger partial charge is 0.347 e. The Morgan fingerprint density at radius 1 is 1.38 bits per heavy atom. The number of nitrogens with one attached hydrogen (secondary N) is 1. The number of halogens is 1. The zero-order chi connectivity index (χ0) is 16.4. The predicted molar refractivity (Wildman–Crippen MR) is 86.7 cm³/mol. The summed E-state index contributed by atoms with van der Waals surface area (Å²) in [5, 5.41) is 8.11. The van der Waals surface area contributed by atoms with Crippen LogP contribution in [0.25, 0.3) is 0 Å². The highest BCUT2D eigenvalue weighted by atomic mass is 79.9. The number of carbonyl (C=O) groups excluding carboxylic acids is 1. The van der Waals surface area contributed by atoms with Gasteiger partial charge >= 0.3 is 0 Å². The third kappa shape index (κ3) is 4.79. The SMILES string of the molecule is CCCC(C)(C)NC(=O)c1cc(Br)cc(S(N)(=O)=O)c1C. The van der Waals surface area contributed by atoms with E-state index in [0.717, 1.165) is 12.8 Å². The Labute approximate surface area is 134 Å². The summed E-state index contributed by atoms with van der Waals surface area (Å²) in [6, 6.07) is 3.00. The molecule has 0 atom stereocenters. The second kappa shape index (κ2) is 6.46. The van der Waals surface area contributed by atoms with E-state index in [0.29, 0.717) is 15.6 Å². The summed E-state index contributed by atoms with van der Waals surface area (Å²) in [5.41, 5.74) is 0.297. The summed E-state index contributed by atoms with van der Waals surface area (Å²) in [4.78, 5) is 12.4. The lowest BCUT2D eigenvalue weighted by Crippen LogP contribution is -2.43. The van der Waals surface area contributed by atoms with Gasteiger partial charge in [-0.05, 0) is 44.9 Å². The zero-order valence-corrected chi connectivity index (χ0v) is 15.1. The van der Waals surface area contributed by atoms with Gasteiger partial charge in [-0.1, -0.05) is 29.3 Å². The van der Waals surface area contributed by atoms with Gasteiger partial charge in [0.15, 0.2) is 0 Å². The Hall–Kier alpha value is -0.920. The fourth-order valence-electron chi connectivity index (χ4n) is 2.25. The Balaban J connectivity index is 3.26. The number of rotatable bonds is 5. The molecule has 1 amide bonds. The van der Waals surface area contributed by atoms with Gasteiger partial charge in [-0.2, -0.15) is 0 Å². The van der Waals surface area contributed by atoms with Gasteiger partial charge in [0, 0.05) is 15.6 Å². The molecule has 0 aliphatic carbocycles. The van der Waals surface area contributed by atoms with Crippen LogP contribution in [0.3, 0.4) is 0 Å². The van der Waals surface area contributed by atoms with Crippen molar-refractivity contribution in [2.24, 2.45) is 5.14 Å². The highest BCUT2D eigenvalue weighted by molar-refractivity contribution is 9.10. The second-order valence-electron chi connectivity index (χ2n) is 5.71. The van der Waals surface area contributed by atoms with Gasteiger partial charge in [0.05, 0.1) is 4.90 Å². The van der Waals surface area contributed by atoms with Crippen molar-refractivity contribution in [2.75, 3.05) is 0 Å². The Bertz CT molecular complexity index is 654. The van der Waals surface area contributed by atoms with Gasteiger partial charge in [0.1, 0.15) is 0 Å². The first kappa shape index (κ1) is 18.1. The summed E-state index contributed by atoms with van der Waals surface area (Å²) in [7, 11) is -3.88. The normalized spacial score (nSPS) is 12.3. The smallest absolute Gasteiger partial charge is 0.252 e. The van der Waals surface area contributed by atoms with Crippen LogP contribution in [0.2, 0.25) is 0 Å². The number of hydrogen-bond donors (Lipinski definition) is 2. The fourth-order valence-corrected chi connectivity index (χ4v) is 3.68. The molecule has 118 valence electrons. The highest BCUT2D eigenvalue weighted by Gasteiger charge is 2.24. The van der Waals surface area contributed by atoms with Crippen LogP contribution in [-0.4, -0.2) is 19.9 Å². The van der Waals surface area contributed by atoms with E-state index in [-0.39, 0.29) is 16.3 Å². The maximum Gasteiger partial charge on any atom is 0.252 e. The van der Waals surface area contributed by atoms with E-state index in [1.165, 1.54) is 6.07 Å². The third-order valence-corrected chi connectivity index (χ3v) is 4.70. The van der Waals surface area contributed by atoms with E-state index in [1.807, 2.05) is 20.8 Å². The molecular formula is C14H21BrN2O3S. The zero-order valence-electron chi connectivity index (χ0n) is 12.7. The number of nitrogens with two attached hydrogens (primary N) is 1. The van der Waals surface area contributed by atoms with Crippen LogP contribution in [-0.2, 0) is 10.0 Å². The number of hydrogen-bond acceptors (Lipinski definition) is 3. The molecule has 7 heteroatoms. The number of carbonyl (C=O) groups is 1. The van der Waals surface area contributed by atoms with E-state index < -0.39 is 10.0 Å². The van der Waals surface area contributed by atoms with Crippen LogP contribution in [0.1, 0.15) is 49.5 Å². The molecule has 0 aromatic heterocycles. The van der Waals surface area contributed by atoms with Gasteiger partial charge in [-0.3, -0.25) is 4.79 Å². The molecule has 3 N–H and O–H groups in total. The van der Waals surface area contributed by atoms with Crippen molar-refractivity contribution in [3.63, 3.8) is 0 Å². The van der Waals surface area contributed by atoms with Crippen LogP contribution in [0.4, 0.5) is 0 Å². The maximum absolute atomic E-state index is 12.4. The van der Waals surface area contributed by atoms with E-state index in [4.69, 9.17) is 5.14 Å². The van der Waals surface area contributed by atoms with Crippen molar-refractivity contribution < 1.29 is 13.2 Å². The van der Waals surface area contributed by atoms with Crippen LogP contribution in [0.5, 0.6) is 0 Å². The predicted octanol–water partition coefficient (Wildman–Crippen LogP) is 2.71. The van der Waals surface area contributed by atoms with Gasteiger partial charge < -0.3 is 5.32 Å². The molecule has 0 aliphatic rings. The highest BCUT2D eigenvalue weighted by Crippen LogP contribution is 2.24. The van der Waals surface area contributed by atoms with Crippen molar-refractivity contribution in [1.29, 1.82) is 0 Å². The molecule has 0 aliphatic heterocycles. The van der Waals surface area contributed by atoms with Gasteiger partial charge in [-0.15, -0.1) is 0 Å². The lowest BCUT2D eigenvalue weighted by molar-refractivity contribution is 0.0908. The Kier molecular flexibility index (Phi) is 5.57. The summed E-state index contributed by atoms with van der Waals surface area (Å²) in [6.45, 7) is 7.48. The summed E-state index contributed by atoms with van der Waals surface area (Å²) < 4.78 is 23.7. The summed E-state index contributed by atoms with van der Waals surface area (Å²) >= 11 is 3.22. The number of primary sulfonamides is 1. The number of benzene rings is 1. The number of amides is 1. The van der Waals surface area contributed by atoms with E-state index in [2.05, 4.69) is 21.2 Å². The Morgan fingerprint density at radius 2 is 1.95 bits per heavy atom. The van der Waals surface area contributed by atoms with Gasteiger partial charge in [0.2, 0.25) is 10.0 Å².